The Labute approximate surface area is 147 Å². The summed E-state index contributed by atoms with van der Waals surface area (Å²) in [6, 6.07) is 7.42. The molecular formula is C19H24N2O4. The lowest BCUT2D eigenvalue weighted by Crippen LogP contribution is -2.34. The van der Waals surface area contributed by atoms with E-state index in [1.54, 1.807) is 13.2 Å². The van der Waals surface area contributed by atoms with Crippen molar-refractivity contribution in [3.05, 3.63) is 29.8 Å². The number of nitrogens with zero attached hydrogens (tertiary/aromatic N) is 1. The van der Waals surface area contributed by atoms with Gasteiger partial charge in [0.2, 0.25) is 17.7 Å². The number of nitrogens with one attached hydrogen (secondary N) is 1. The number of methoxy groups -OCH3 is 1. The van der Waals surface area contributed by atoms with Crippen LogP contribution in [0, 0.1) is 11.8 Å². The van der Waals surface area contributed by atoms with Crippen molar-refractivity contribution in [2.75, 3.05) is 19.0 Å². The smallest absolute Gasteiger partial charge is 0.233 e. The second-order valence-corrected chi connectivity index (χ2v) is 6.76. The summed E-state index contributed by atoms with van der Waals surface area (Å²) in [5.74, 6) is -0.704. The molecule has 1 heterocycles. The van der Waals surface area contributed by atoms with Crippen LogP contribution in [-0.2, 0) is 25.7 Å². The zero-order chi connectivity index (χ0) is 17.8. The number of carbonyl (C=O) groups excluding carboxylic acids is 3. The molecule has 2 atom stereocenters. The topological polar surface area (TPSA) is 75.7 Å². The Bertz CT molecular complexity index is 649. The van der Waals surface area contributed by atoms with E-state index in [0.717, 1.165) is 31.2 Å². The molecule has 1 saturated heterocycles. The van der Waals surface area contributed by atoms with Gasteiger partial charge in [-0.3, -0.25) is 19.3 Å². The number of hydrogen-bond donors (Lipinski definition) is 1. The first-order valence-electron chi connectivity index (χ1n) is 8.83. The Morgan fingerprint density at radius 3 is 2.52 bits per heavy atom. The highest BCUT2D eigenvalue weighted by molar-refractivity contribution is 6.05. The van der Waals surface area contributed by atoms with E-state index < -0.39 is 0 Å². The van der Waals surface area contributed by atoms with Crippen LogP contribution in [0.2, 0.25) is 0 Å². The zero-order valence-electron chi connectivity index (χ0n) is 14.5. The minimum Gasteiger partial charge on any atom is -0.380 e. The van der Waals surface area contributed by atoms with Crippen LogP contribution in [-0.4, -0.2) is 36.3 Å². The summed E-state index contributed by atoms with van der Waals surface area (Å²) in [6.07, 6.45) is 3.72. The summed E-state index contributed by atoms with van der Waals surface area (Å²) in [4.78, 5) is 38.3. The standard InChI is InChI=1S/C19H24N2O4/c1-25-12-13-5-4-6-14(11-13)20-17(22)9-10-21-18(23)15-7-2-3-8-16(15)19(21)24/h4-6,11,15-16H,2-3,7-10,12H2,1H3,(H,20,22). The highest BCUT2D eigenvalue weighted by Crippen LogP contribution is 2.37. The molecule has 1 aliphatic heterocycles. The maximum Gasteiger partial charge on any atom is 0.233 e. The first kappa shape index (κ1) is 17.6. The number of fused-ring (bicyclic) bond motifs is 1. The van der Waals surface area contributed by atoms with Gasteiger partial charge in [0.1, 0.15) is 0 Å². The number of benzene rings is 1. The SMILES string of the molecule is COCc1cccc(NC(=O)CCN2C(=O)C3CCCCC3C2=O)c1. The van der Waals surface area contributed by atoms with Gasteiger partial charge in [-0.1, -0.05) is 25.0 Å². The van der Waals surface area contributed by atoms with Crippen molar-refractivity contribution in [2.45, 2.75) is 38.7 Å². The highest BCUT2D eigenvalue weighted by atomic mass is 16.5. The molecule has 134 valence electrons. The molecular weight excluding hydrogens is 320 g/mol. The minimum absolute atomic E-state index is 0.0930. The third-order valence-electron chi connectivity index (χ3n) is 5.02. The van der Waals surface area contributed by atoms with Gasteiger partial charge < -0.3 is 10.1 Å². The van der Waals surface area contributed by atoms with Gasteiger partial charge in [0.25, 0.3) is 0 Å². The van der Waals surface area contributed by atoms with Crippen molar-refractivity contribution >= 4 is 23.4 Å². The number of imide groups is 1. The molecule has 0 aromatic heterocycles. The maximum absolute atomic E-state index is 12.4. The van der Waals surface area contributed by atoms with E-state index in [2.05, 4.69) is 5.32 Å². The molecule has 25 heavy (non-hydrogen) atoms. The molecule has 0 radical (unpaired) electrons. The van der Waals surface area contributed by atoms with Crippen LogP contribution in [0.5, 0.6) is 0 Å². The van der Waals surface area contributed by atoms with Crippen LogP contribution in [0.4, 0.5) is 5.69 Å². The van der Waals surface area contributed by atoms with Crippen LogP contribution in [0.1, 0.15) is 37.7 Å². The molecule has 1 N–H and O–H groups in total. The summed E-state index contributed by atoms with van der Waals surface area (Å²) in [7, 11) is 1.62. The van der Waals surface area contributed by atoms with Gasteiger partial charge >= 0.3 is 0 Å². The molecule has 6 heteroatoms. The Morgan fingerprint density at radius 1 is 1.20 bits per heavy atom. The van der Waals surface area contributed by atoms with E-state index >= 15 is 0 Å². The summed E-state index contributed by atoms with van der Waals surface area (Å²) in [5.41, 5.74) is 1.65. The minimum atomic E-state index is -0.204. The van der Waals surface area contributed by atoms with Crippen molar-refractivity contribution in [3.63, 3.8) is 0 Å². The van der Waals surface area contributed by atoms with E-state index in [9.17, 15) is 14.4 Å². The number of hydrogen-bond acceptors (Lipinski definition) is 4. The number of rotatable bonds is 6. The molecule has 1 saturated carbocycles. The Hall–Kier alpha value is -2.21. The first-order valence-corrected chi connectivity index (χ1v) is 8.83. The zero-order valence-corrected chi connectivity index (χ0v) is 14.5. The lowest BCUT2D eigenvalue weighted by atomic mass is 9.81. The lowest BCUT2D eigenvalue weighted by molar-refractivity contribution is -0.140. The van der Waals surface area contributed by atoms with E-state index in [1.807, 2.05) is 18.2 Å². The Morgan fingerprint density at radius 2 is 1.88 bits per heavy atom. The highest BCUT2D eigenvalue weighted by Gasteiger charge is 2.47. The molecule has 1 aromatic carbocycles. The summed E-state index contributed by atoms with van der Waals surface area (Å²) < 4.78 is 5.08. The second kappa shape index (κ2) is 7.78. The Kier molecular flexibility index (Phi) is 5.48. The van der Waals surface area contributed by atoms with Crippen molar-refractivity contribution in [3.8, 4) is 0 Å². The second-order valence-electron chi connectivity index (χ2n) is 6.76. The number of likely N-dealkylation sites (tertiary alicyclic amines) is 1. The fourth-order valence-corrected chi connectivity index (χ4v) is 3.79. The number of carbonyl (C=O) groups is 3. The monoisotopic (exact) mass is 344 g/mol. The quantitative estimate of drug-likeness (QED) is 0.804. The van der Waals surface area contributed by atoms with Crippen LogP contribution in [0.3, 0.4) is 0 Å². The van der Waals surface area contributed by atoms with Crippen LogP contribution in [0.25, 0.3) is 0 Å². The summed E-state index contributed by atoms with van der Waals surface area (Å²) in [5, 5.41) is 2.81. The third-order valence-corrected chi connectivity index (χ3v) is 5.02. The Balaban J connectivity index is 1.54. The fourth-order valence-electron chi connectivity index (χ4n) is 3.79. The summed E-state index contributed by atoms with van der Waals surface area (Å²) >= 11 is 0. The molecule has 6 nitrogen and oxygen atoms in total. The number of ether oxygens (including phenoxy) is 1. The molecule has 3 amide bonds. The van der Waals surface area contributed by atoms with E-state index in [0.29, 0.717) is 12.3 Å². The van der Waals surface area contributed by atoms with Gasteiger partial charge in [-0.05, 0) is 30.5 Å². The number of anilines is 1. The van der Waals surface area contributed by atoms with Crippen molar-refractivity contribution in [2.24, 2.45) is 11.8 Å². The van der Waals surface area contributed by atoms with E-state index in [4.69, 9.17) is 4.74 Å². The van der Waals surface area contributed by atoms with Gasteiger partial charge in [0.05, 0.1) is 18.4 Å². The fraction of sp³-hybridized carbons (Fsp3) is 0.526. The predicted molar refractivity (Wildman–Crippen MR) is 92.6 cm³/mol. The average molecular weight is 344 g/mol. The van der Waals surface area contributed by atoms with Crippen molar-refractivity contribution in [1.82, 2.24) is 4.90 Å². The molecule has 0 bridgehead atoms. The van der Waals surface area contributed by atoms with Gasteiger partial charge in [0.15, 0.2) is 0 Å². The van der Waals surface area contributed by atoms with Crippen molar-refractivity contribution in [1.29, 1.82) is 0 Å². The molecule has 2 fully saturated rings. The number of amides is 3. The van der Waals surface area contributed by atoms with Gasteiger partial charge in [0, 0.05) is 25.8 Å². The molecule has 1 aromatic rings. The lowest BCUT2D eigenvalue weighted by Gasteiger charge is -2.19. The van der Waals surface area contributed by atoms with E-state index in [1.165, 1.54) is 4.90 Å². The third kappa shape index (κ3) is 3.90. The van der Waals surface area contributed by atoms with Crippen molar-refractivity contribution < 1.29 is 19.1 Å². The first-order chi connectivity index (χ1) is 12.1. The normalized spacial score (nSPS) is 22.8. The average Bonchev–Trinajstić information content (AvgIpc) is 2.85. The molecule has 3 rings (SSSR count). The predicted octanol–water partition coefficient (Wildman–Crippen LogP) is 2.34. The van der Waals surface area contributed by atoms with Crippen LogP contribution in [0.15, 0.2) is 24.3 Å². The molecule has 1 aliphatic carbocycles. The van der Waals surface area contributed by atoms with Crippen LogP contribution >= 0.6 is 0 Å². The van der Waals surface area contributed by atoms with Gasteiger partial charge in [-0.2, -0.15) is 0 Å². The van der Waals surface area contributed by atoms with E-state index in [-0.39, 0.29) is 42.5 Å². The molecule has 0 spiro atoms. The molecule has 2 unspecified atom stereocenters. The summed E-state index contributed by atoms with van der Waals surface area (Å²) in [6.45, 7) is 0.636. The van der Waals surface area contributed by atoms with Gasteiger partial charge in [-0.15, -0.1) is 0 Å². The maximum atomic E-state index is 12.4. The van der Waals surface area contributed by atoms with Crippen LogP contribution < -0.4 is 5.32 Å². The largest absolute Gasteiger partial charge is 0.380 e. The van der Waals surface area contributed by atoms with Gasteiger partial charge in [-0.25, -0.2) is 0 Å². The molecule has 2 aliphatic rings.